The normalized spacial score (nSPS) is 20.7. The van der Waals surface area contributed by atoms with Crippen LogP contribution in [-0.2, 0) is 27.4 Å². The molecule has 1 fully saturated rings. The van der Waals surface area contributed by atoms with Gasteiger partial charge in [0.05, 0.1) is 25.6 Å². The van der Waals surface area contributed by atoms with E-state index in [0.717, 1.165) is 12.0 Å². The first-order chi connectivity index (χ1) is 11.8. The van der Waals surface area contributed by atoms with Crippen molar-refractivity contribution in [1.29, 1.82) is 0 Å². The van der Waals surface area contributed by atoms with Crippen molar-refractivity contribution < 1.29 is 14.3 Å². The zero-order valence-electron chi connectivity index (χ0n) is 13.6. The highest BCUT2D eigenvalue weighted by Crippen LogP contribution is 2.14. The molecule has 6 nitrogen and oxygen atoms in total. The molecule has 2 heterocycles. The van der Waals surface area contributed by atoms with E-state index in [-0.39, 0.29) is 18.1 Å². The van der Waals surface area contributed by atoms with Gasteiger partial charge >= 0.3 is 0 Å². The van der Waals surface area contributed by atoms with Crippen molar-refractivity contribution >= 4 is 5.91 Å². The molecule has 24 heavy (non-hydrogen) atoms. The number of rotatable bonds is 7. The zero-order valence-corrected chi connectivity index (χ0v) is 13.6. The fraction of sp³-hybridized carbons (Fsp3) is 0.444. The molecule has 0 aliphatic carbocycles. The molecule has 1 saturated heterocycles. The number of carbonyl (C=O) groups is 1. The fourth-order valence-electron chi connectivity index (χ4n) is 2.75. The molecular weight excluding hydrogens is 306 g/mol. The second-order valence-electron chi connectivity index (χ2n) is 5.92. The van der Waals surface area contributed by atoms with Gasteiger partial charge in [0.25, 0.3) is 0 Å². The summed E-state index contributed by atoms with van der Waals surface area (Å²) < 4.78 is 13.4. The first-order valence-electron chi connectivity index (χ1n) is 8.29. The lowest BCUT2D eigenvalue weighted by Crippen LogP contribution is -2.50. The lowest BCUT2D eigenvalue weighted by Gasteiger charge is -2.32. The Hall–Kier alpha value is -2.18. The molecule has 128 valence electrons. The summed E-state index contributed by atoms with van der Waals surface area (Å²) in [5, 5.41) is 3.09. The smallest absolute Gasteiger partial charge is 0.222 e. The quantitative estimate of drug-likeness (QED) is 0.841. The second-order valence-corrected chi connectivity index (χ2v) is 5.92. The van der Waals surface area contributed by atoms with Crippen LogP contribution >= 0.6 is 0 Å². The number of amides is 1. The minimum Gasteiger partial charge on any atom is -0.379 e. The largest absolute Gasteiger partial charge is 0.379 e. The second kappa shape index (κ2) is 8.61. The lowest BCUT2D eigenvalue weighted by molar-refractivity contribution is -0.126. The SMILES string of the molecule is O=C(CCn1ccnc1)N[C@@H]1CCOC[C@H]1OCc1ccccc1. The van der Waals surface area contributed by atoms with E-state index in [2.05, 4.69) is 10.3 Å². The standard InChI is InChI=1S/C18H23N3O3/c22-18(6-9-21-10-8-19-14-21)20-16-7-11-23-13-17(16)24-12-15-4-2-1-3-5-15/h1-5,8,10,14,16-17H,6-7,9,11-13H2,(H,20,22)/t16-,17-/m1/s1. The molecule has 6 heteroatoms. The van der Waals surface area contributed by atoms with E-state index in [1.165, 1.54) is 0 Å². The van der Waals surface area contributed by atoms with E-state index in [1.807, 2.05) is 41.1 Å². The van der Waals surface area contributed by atoms with Gasteiger partial charge in [-0.1, -0.05) is 30.3 Å². The average Bonchev–Trinajstić information content (AvgIpc) is 3.14. The van der Waals surface area contributed by atoms with Gasteiger partial charge in [0.2, 0.25) is 5.91 Å². The molecule has 2 atom stereocenters. The van der Waals surface area contributed by atoms with Gasteiger partial charge in [-0.05, 0) is 12.0 Å². The first kappa shape index (κ1) is 16.7. The molecule has 1 aromatic heterocycles. The third kappa shape index (κ3) is 4.91. The number of aryl methyl sites for hydroxylation is 1. The number of nitrogens with zero attached hydrogens (tertiary/aromatic N) is 2. The predicted molar refractivity (Wildman–Crippen MR) is 89.2 cm³/mol. The Bertz CT molecular complexity index is 616. The zero-order chi connectivity index (χ0) is 16.6. The van der Waals surface area contributed by atoms with Gasteiger partial charge in [0, 0.05) is 32.0 Å². The highest BCUT2D eigenvalue weighted by atomic mass is 16.5. The van der Waals surface area contributed by atoms with Crippen molar-refractivity contribution in [2.45, 2.75) is 38.1 Å². The third-order valence-electron chi connectivity index (χ3n) is 4.11. The van der Waals surface area contributed by atoms with E-state index in [0.29, 0.717) is 32.8 Å². The molecule has 1 aromatic carbocycles. The number of imidazole rings is 1. The van der Waals surface area contributed by atoms with Crippen LogP contribution in [0.25, 0.3) is 0 Å². The van der Waals surface area contributed by atoms with Crippen LogP contribution in [0.3, 0.4) is 0 Å². The molecule has 0 radical (unpaired) electrons. The Morgan fingerprint density at radius 3 is 3.04 bits per heavy atom. The summed E-state index contributed by atoms with van der Waals surface area (Å²) in [6, 6.07) is 10.0. The van der Waals surface area contributed by atoms with E-state index < -0.39 is 0 Å². The molecule has 1 aliphatic rings. The maximum Gasteiger partial charge on any atom is 0.222 e. The molecule has 0 unspecified atom stereocenters. The van der Waals surface area contributed by atoms with Crippen LogP contribution in [0.15, 0.2) is 49.1 Å². The molecule has 0 bridgehead atoms. The third-order valence-corrected chi connectivity index (χ3v) is 4.11. The maximum atomic E-state index is 12.2. The van der Waals surface area contributed by atoms with Crippen LogP contribution in [0, 0.1) is 0 Å². The summed E-state index contributed by atoms with van der Waals surface area (Å²) in [4.78, 5) is 16.2. The Kier molecular flexibility index (Phi) is 5.98. The number of hydrogen-bond donors (Lipinski definition) is 1. The Balaban J connectivity index is 1.47. The molecule has 1 aliphatic heterocycles. The number of nitrogens with one attached hydrogen (secondary N) is 1. The van der Waals surface area contributed by atoms with Crippen LogP contribution in [0.5, 0.6) is 0 Å². The number of carbonyl (C=O) groups excluding carboxylic acids is 1. The maximum absolute atomic E-state index is 12.2. The summed E-state index contributed by atoms with van der Waals surface area (Å²) >= 11 is 0. The number of aromatic nitrogens is 2. The summed E-state index contributed by atoms with van der Waals surface area (Å²) in [6.45, 7) is 2.32. The van der Waals surface area contributed by atoms with Crippen molar-refractivity contribution in [3.63, 3.8) is 0 Å². The minimum absolute atomic E-state index is 0.00208. The Labute approximate surface area is 141 Å². The van der Waals surface area contributed by atoms with Crippen molar-refractivity contribution in [2.24, 2.45) is 0 Å². The van der Waals surface area contributed by atoms with E-state index in [9.17, 15) is 4.79 Å². The van der Waals surface area contributed by atoms with Crippen LogP contribution in [-0.4, -0.2) is 40.8 Å². The van der Waals surface area contributed by atoms with Crippen LogP contribution in [0.4, 0.5) is 0 Å². The summed E-state index contributed by atoms with van der Waals surface area (Å²) in [5.74, 6) is 0.0314. The Morgan fingerprint density at radius 2 is 2.25 bits per heavy atom. The number of hydrogen-bond acceptors (Lipinski definition) is 4. The lowest BCUT2D eigenvalue weighted by atomic mass is 10.1. The van der Waals surface area contributed by atoms with Gasteiger partial charge in [-0.15, -0.1) is 0 Å². The van der Waals surface area contributed by atoms with E-state index in [4.69, 9.17) is 9.47 Å². The summed E-state index contributed by atoms with van der Waals surface area (Å²) in [5.41, 5.74) is 1.12. The average molecular weight is 329 g/mol. The van der Waals surface area contributed by atoms with Crippen LogP contribution in [0.2, 0.25) is 0 Å². The van der Waals surface area contributed by atoms with Crippen molar-refractivity contribution in [1.82, 2.24) is 14.9 Å². The van der Waals surface area contributed by atoms with Crippen LogP contribution in [0.1, 0.15) is 18.4 Å². The molecule has 0 saturated carbocycles. The van der Waals surface area contributed by atoms with Crippen LogP contribution < -0.4 is 5.32 Å². The van der Waals surface area contributed by atoms with Gasteiger partial charge < -0.3 is 19.4 Å². The topological polar surface area (TPSA) is 65.4 Å². The van der Waals surface area contributed by atoms with Crippen molar-refractivity contribution in [2.75, 3.05) is 13.2 Å². The van der Waals surface area contributed by atoms with E-state index >= 15 is 0 Å². The summed E-state index contributed by atoms with van der Waals surface area (Å²) in [7, 11) is 0. The summed E-state index contributed by atoms with van der Waals surface area (Å²) in [6.07, 6.45) is 6.37. The fourth-order valence-corrected chi connectivity index (χ4v) is 2.75. The molecular formula is C18H23N3O3. The van der Waals surface area contributed by atoms with Crippen molar-refractivity contribution in [3.05, 3.63) is 54.6 Å². The molecule has 3 rings (SSSR count). The highest BCUT2D eigenvalue weighted by Gasteiger charge is 2.27. The van der Waals surface area contributed by atoms with Gasteiger partial charge in [-0.2, -0.15) is 0 Å². The minimum atomic E-state index is -0.115. The first-order valence-corrected chi connectivity index (χ1v) is 8.29. The van der Waals surface area contributed by atoms with Gasteiger partial charge in [-0.3, -0.25) is 4.79 Å². The van der Waals surface area contributed by atoms with Gasteiger partial charge in [0.15, 0.2) is 0 Å². The predicted octanol–water partition coefficient (Wildman–Crippen LogP) is 1.76. The highest BCUT2D eigenvalue weighted by molar-refractivity contribution is 5.76. The molecule has 1 amide bonds. The monoisotopic (exact) mass is 329 g/mol. The molecule has 1 N–H and O–H groups in total. The molecule has 0 spiro atoms. The van der Waals surface area contributed by atoms with E-state index in [1.54, 1.807) is 12.5 Å². The number of benzene rings is 1. The number of ether oxygens (including phenoxy) is 2. The van der Waals surface area contributed by atoms with Crippen molar-refractivity contribution in [3.8, 4) is 0 Å². The Morgan fingerprint density at radius 1 is 1.38 bits per heavy atom. The van der Waals surface area contributed by atoms with Gasteiger partial charge in [0.1, 0.15) is 6.10 Å². The molecule has 2 aromatic rings. The van der Waals surface area contributed by atoms with Gasteiger partial charge in [-0.25, -0.2) is 4.98 Å².